The monoisotopic (exact) mass is 488 g/mol. The second kappa shape index (κ2) is 11.6. The van der Waals surface area contributed by atoms with Crippen molar-refractivity contribution in [3.05, 3.63) is 65.2 Å². The first kappa shape index (κ1) is 25.0. The molecule has 0 bridgehead atoms. The molecular formula is C30H40N4O2. The molecule has 36 heavy (non-hydrogen) atoms. The summed E-state index contributed by atoms with van der Waals surface area (Å²) in [4.78, 5) is 20.5. The van der Waals surface area contributed by atoms with Crippen LogP contribution in [0.2, 0.25) is 0 Å². The van der Waals surface area contributed by atoms with E-state index < -0.39 is 0 Å². The van der Waals surface area contributed by atoms with Crippen molar-refractivity contribution >= 4 is 16.7 Å². The van der Waals surface area contributed by atoms with E-state index in [0.717, 1.165) is 58.3 Å². The number of hydrogen-bond donors (Lipinski definition) is 1. The number of nitrogens with zero attached hydrogens (tertiary/aromatic N) is 3. The molecule has 0 unspecified atom stereocenters. The van der Waals surface area contributed by atoms with Crippen molar-refractivity contribution < 1.29 is 9.53 Å². The number of hydrogen-bond acceptors (Lipinski definition) is 4. The molecule has 1 amide bonds. The van der Waals surface area contributed by atoms with Crippen molar-refractivity contribution in [3.8, 4) is 0 Å². The highest BCUT2D eigenvalue weighted by Gasteiger charge is 2.31. The molecule has 2 atom stereocenters. The highest BCUT2D eigenvalue weighted by molar-refractivity contribution is 5.83. The number of piperidine rings is 1. The molecule has 1 fully saturated rings. The molecule has 1 aliphatic carbocycles. The van der Waals surface area contributed by atoms with Crippen LogP contribution in [0.15, 0.2) is 42.5 Å². The van der Waals surface area contributed by atoms with Gasteiger partial charge in [-0.2, -0.15) is 0 Å². The van der Waals surface area contributed by atoms with Crippen LogP contribution in [0.3, 0.4) is 0 Å². The Morgan fingerprint density at radius 3 is 2.83 bits per heavy atom. The van der Waals surface area contributed by atoms with Crippen LogP contribution in [-0.2, 0) is 35.3 Å². The van der Waals surface area contributed by atoms with Gasteiger partial charge in [0.15, 0.2) is 0 Å². The third kappa shape index (κ3) is 5.65. The fraction of sp³-hybridized carbons (Fsp3) is 0.533. The normalized spacial score (nSPS) is 18.8. The number of benzene rings is 2. The van der Waals surface area contributed by atoms with Crippen molar-refractivity contribution in [2.45, 2.75) is 76.3 Å². The second-order valence-electron chi connectivity index (χ2n) is 10.6. The van der Waals surface area contributed by atoms with Crippen LogP contribution in [0.4, 0.5) is 0 Å². The number of ether oxygens (including phenoxy) is 1. The first-order valence-corrected chi connectivity index (χ1v) is 13.7. The Kier molecular flexibility index (Phi) is 8.02. The number of methoxy groups -OCH3 is 1. The first-order chi connectivity index (χ1) is 17.6. The Bertz CT molecular complexity index is 1190. The van der Waals surface area contributed by atoms with Gasteiger partial charge in [-0.25, -0.2) is 4.98 Å². The maximum atomic E-state index is 13.3. The number of aryl methyl sites for hydroxylation is 1. The molecule has 6 heteroatoms. The predicted octanol–water partition coefficient (Wildman–Crippen LogP) is 4.62. The lowest BCUT2D eigenvalue weighted by Crippen LogP contribution is -2.42. The van der Waals surface area contributed by atoms with Gasteiger partial charge in [0.1, 0.15) is 5.82 Å². The fourth-order valence-corrected chi connectivity index (χ4v) is 6.06. The van der Waals surface area contributed by atoms with Gasteiger partial charge in [-0.3, -0.25) is 4.79 Å². The molecule has 2 aromatic carbocycles. The van der Waals surface area contributed by atoms with Crippen LogP contribution >= 0.6 is 0 Å². The highest BCUT2D eigenvalue weighted by atomic mass is 16.5. The van der Waals surface area contributed by atoms with E-state index in [-0.39, 0.29) is 11.9 Å². The summed E-state index contributed by atoms with van der Waals surface area (Å²) >= 11 is 0. The lowest BCUT2D eigenvalue weighted by Gasteiger charge is -2.33. The lowest BCUT2D eigenvalue weighted by atomic mass is 9.95. The van der Waals surface area contributed by atoms with Gasteiger partial charge in [-0.05, 0) is 67.7 Å². The Hall–Kier alpha value is -2.70. The third-order valence-electron chi connectivity index (χ3n) is 7.88. The Morgan fingerprint density at radius 1 is 1.14 bits per heavy atom. The van der Waals surface area contributed by atoms with E-state index in [1.54, 1.807) is 7.11 Å². The summed E-state index contributed by atoms with van der Waals surface area (Å²) < 4.78 is 7.79. The molecule has 2 N–H and O–H groups in total. The quantitative estimate of drug-likeness (QED) is 0.446. The van der Waals surface area contributed by atoms with Gasteiger partial charge >= 0.3 is 0 Å². The largest absolute Gasteiger partial charge is 0.385 e. The van der Waals surface area contributed by atoms with Crippen molar-refractivity contribution in [1.82, 2.24) is 14.5 Å². The molecule has 2 heterocycles. The van der Waals surface area contributed by atoms with Gasteiger partial charge in [0.05, 0.1) is 5.69 Å². The number of carbonyl (C=O) groups is 1. The van der Waals surface area contributed by atoms with Gasteiger partial charge in [0, 0.05) is 57.4 Å². The average Bonchev–Trinajstić information content (AvgIpc) is 3.27. The molecule has 0 spiro atoms. The van der Waals surface area contributed by atoms with E-state index in [1.807, 2.05) is 4.90 Å². The van der Waals surface area contributed by atoms with Crippen LogP contribution in [0.5, 0.6) is 0 Å². The molecule has 6 nitrogen and oxygen atoms in total. The summed E-state index contributed by atoms with van der Waals surface area (Å²) in [6.45, 7) is 3.28. The number of imidazole rings is 1. The number of amides is 1. The fourth-order valence-electron chi connectivity index (χ4n) is 6.06. The molecule has 0 radical (unpaired) electrons. The molecule has 3 aromatic rings. The SMILES string of the molecule is COCCCn1c([C@@H]2CCCN(C(=O)C[C@H](N)Cc3ccc4ccccc4c3)C2)nc2c1CCCC2. The first-order valence-electron chi connectivity index (χ1n) is 13.7. The molecule has 0 saturated carbocycles. The smallest absolute Gasteiger partial charge is 0.224 e. The van der Waals surface area contributed by atoms with Gasteiger partial charge in [-0.1, -0.05) is 42.5 Å². The molecule has 1 aromatic heterocycles. The summed E-state index contributed by atoms with van der Waals surface area (Å²) in [5.74, 6) is 1.67. The van der Waals surface area contributed by atoms with E-state index in [0.29, 0.717) is 18.8 Å². The van der Waals surface area contributed by atoms with Crippen LogP contribution in [-0.4, -0.2) is 53.2 Å². The number of rotatable bonds is 9. The summed E-state index contributed by atoms with van der Waals surface area (Å²) in [6.07, 6.45) is 8.87. The minimum Gasteiger partial charge on any atom is -0.385 e. The van der Waals surface area contributed by atoms with Gasteiger partial charge in [0.2, 0.25) is 5.91 Å². The van der Waals surface area contributed by atoms with Crippen molar-refractivity contribution in [2.75, 3.05) is 26.8 Å². The molecule has 2 aliphatic rings. The summed E-state index contributed by atoms with van der Waals surface area (Å²) in [6, 6.07) is 14.7. The average molecular weight is 489 g/mol. The second-order valence-corrected chi connectivity index (χ2v) is 10.6. The Labute approximate surface area is 214 Å². The van der Waals surface area contributed by atoms with Crippen molar-refractivity contribution in [1.29, 1.82) is 0 Å². The maximum absolute atomic E-state index is 13.3. The zero-order valence-electron chi connectivity index (χ0n) is 21.6. The third-order valence-corrected chi connectivity index (χ3v) is 7.88. The zero-order valence-corrected chi connectivity index (χ0v) is 21.6. The number of carbonyl (C=O) groups excluding carboxylic acids is 1. The zero-order chi connectivity index (χ0) is 24.9. The van der Waals surface area contributed by atoms with Crippen LogP contribution in [0.1, 0.15) is 67.2 Å². The van der Waals surface area contributed by atoms with E-state index in [4.69, 9.17) is 15.5 Å². The van der Waals surface area contributed by atoms with Crippen molar-refractivity contribution in [3.63, 3.8) is 0 Å². The molecule has 5 rings (SSSR count). The summed E-state index contributed by atoms with van der Waals surface area (Å²) in [5, 5.41) is 2.45. The van der Waals surface area contributed by atoms with Crippen LogP contribution in [0.25, 0.3) is 10.8 Å². The number of aromatic nitrogens is 2. The van der Waals surface area contributed by atoms with Gasteiger partial charge < -0.3 is 19.9 Å². The topological polar surface area (TPSA) is 73.4 Å². The summed E-state index contributed by atoms with van der Waals surface area (Å²) in [7, 11) is 1.76. The molecule has 1 saturated heterocycles. The van der Waals surface area contributed by atoms with Gasteiger partial charge in [-0.15, -0.1) is 0 Å². The van der Waals surface area contributed by atoms with E-state index in [1.165, 1.54) is 46.4 Å². The van der Waals surface area contributed by atoms with Crippen LogP contribution < -0.4 is 5.73 Å². The number of nitrogens with two attached hydrogens (primary N) is 1. The van der Waals surface area contributed by atoms with E-state index in [9.17, 15) is 4.79 Å². The molecule has 1 aliphatic heterocycles. The maximum Gasteiger partial charge on any atom is 0.224 e. The summed E-state index contributed by atoms with van der Waals surface area (Å²) in [5.41, 5.74) is 10.4. The van der Waals surface area contributed by atoms with Crippen molar-refractivity contribution in [2.24, 2.45) is 5.73 Å². The minimum absolute atomic E-state index is 0.176. The highest BCUT2D eigenvalue weighted by Crippen LogP contribution is 2.31. The number of likely N-dealkylation sites (tertiary alicyclic amines) is 1. The number of fused-ring (bicyclic) bond motifs is 2. The Balaban J connectivity index is 1.23. The minimum atomic E-state index is -0.178. The predicted molar refractivity (Wildman–Crippen MR) is 144 cm³/mol. The molecular weight excluding hydrogens is 448 g/mol. The van der Waals surface area contributed by atoms with Gasteiger partial charge in [0.25, 0.3) is 0 Å². The lowest BCUT2D eigenvalue weighted by molar-refractivity contribution is -0.132. The van der Waals surface area contributed by atoms with E-state index in [2.05, 4.69) is 47.0 Å². The Morgan fingerprint density at radius 2 is 1.97 bits per heavy atom. The molecule has 192 valence electrons. The standard InChI is InChI=1S/C30H40N4O2/c1-36-17-7-16-34-28-12-5-4-11-27(28)32-30(34)25-10-6-15-33(21-25)29(35)20-26(31)19-22-13-14-23-8-2-3-9-24(23)18-22/h2-3,8-9,13-14,18,25-26H,4-7,10-12,15-17,19-21,31H2,1H3/t25-,26-/m1/s1. The van der Waals surface area contributed by atoms with E-state index >= 15 is 0 Å². The van der Waals surface area contributed by atoms with Crippen LogP contribution in [0, 0.1) is 0 Å².